The molecule has 0 atom stereocenters. The lowest BCUT2D eigenvalue weighted by Gasteiger charge is -1.86. The molecule has 0 aliphatic heterocycles. The zero-order valence-corrected chi connectivity index (χ0v) is 6.40. The highest BCUT2D eigenvalue weighted by molar-refractivity contribution is 5.77. The molecule has 0 bridgehead atoms. The molecule has 58 valence electrons. The summed E-state index contributed by atoms with van der Waals surface area (Å²) in [5, 5.41) is 0.882. The van der Waals surface area contributed by atoms with E-state index < -0.39 is 0 Å². The second-order valence-corrected chi connectivity index (χ2v) is 2.55. The van der Waals surface area contributed by atoms with Gasteiger partial charge in [-0.2, -0.15) is 0 Å². The van der Waals surface area contributed by atoms with Gasteiger partial charge < -0.3 is 0 Å². The molecule has 2 heteroatoms. The van der Waals surface area contributed by atoms with Crippen LogP contribution in [0.25, 0.3) is 10.9 Å². The average Bonchev–Trinajstić information content (AvgIpc) is 2.25. The van der Waals surface area contributed by atoms with E-state index in [0.29, 0.717) is 0 Å². The molecule has 1 aromatic carbocycles. The maximum Gasteiger partial charge on any atom is 0.180 e. The molecule has 0 amide bonds. The van der Waals surface area contributed by atoms with Gasteiger partial charge in [-0.3, -0.25) is 9.78 Å². The van der Waals surface area contributed by atoms with Crippen LogP contribution in [-0.2, 0) is 0 Å². The molecule has 12 heavy (non-hydrogen) atoms. The van der Waals surface area contributed by atoms with E-state index in [1.54, 1.807) is 6.07 Å². The first-order chi connectivity index (χ1) is 5.86. The highest BCUT2D eigenvalue weighted by Crippen LogP contribution is 2.05. The van der Waals surface area contributed by atoms with Gasteiger partial charge in [0.2, 0.25) is 0 Å². The Morgan fingerprint density at radius 3 is 2.83 bits per heavy atom. The molecule has 0 radical (unpaired) electrons. The first-order valence-corrected chi connectivity index (χ1v) is 3.71. The van der Waals surface area contributed by atoms with Crippen LogP contribution in [0.15, 0.2) is 47.4 Å². The van der Waals surface area contributed by atoms with Gasteiger partial charge in [0.25, 0.3) is 0 Å². The molecule has 0 unspecified atom stereocenters. The van der Waals surface area contributed by atoms with E-state index >= 15 is 0 Å². The lowest BCUT2D eigenvalue weighted by molar-refractivity contribution is 1.43. The maximum absolute atomic E-state index is 11.0. The lowest BCUT2D eigenvalue weighted by Crippen LogP contribution is -1.88. The van der Waals surface area contributed by atoms with E-state index in [9.17, 15) is 4.79 Å². The second kappa shape index (κ2) is 2.74. The fraction of sp³-hybridized carbons (Fsp3) is 0. The molecule has 0 saturated carbocycles. The van der Waals surface area contributed by atoms with Gasteiger partial charge in [-0.25, -0.2) is 0 Å². The van der Waals surface area contributed by atoms with Crippen molar-refractivity contribution in [2.24, 2.45) is 0 Å². The molecule has 0 fully saturated rings. The smallest absolute Gasteiger partial charge is 0.180 e. The molecule has 0 aliphatic carbocycles. The van der Waals surface area contributed by atoms with Gasteiger partial charge >= 0.3 is 0 Å². The number of hydrogen-bond acceptors (Lipinski definition) is 2. The van der Waals surface area contributed by atoms with Crippen molar-refractivity contribution in [2.45, 2.75) is 0 Å². The molecular weight excluding hydrogens is 150 g/mol. The molecule has 0 aliphatic rings. The number of benzene rings is 1. The van der Waals surface area contributed by atoms with E-state index in [4.69, 9.17) is 0 Å². The topological polar surface area (TPSA) is 30.0 Å². The number of nitrogens with zero attached hydrogens (tertiary/aromatic N) is 1. The quantitative estimate of drug-likeness (QED) is 0.581. The van der Waals surface area contributed by atoms with Crippen LogP contribution in [0, 0.1) is 0 Å². The predicted molar refractivity (Wildman–Crippen MR) is 48.0 cm³/mol. The Kier molecular flexibility index (Phi) is 1.59. The van der Waals surface area contributed by atoms with Gasteiger partial charge in [0, 0.05) is 17.6 Å². The fourth-order valence-electron chi connectivity index (χ4n) is 1.12. The van der Waals surface area contributed by atoms with Crippen molar-refractivity contribution in [3.05, 3.63) is 52.8 Å². The van der Waals surface area contributed by atoms with Crippen LogP contribution in [0.1, 0.15) is 0 Å². The summed E-state index contributed by atoms with van der Waals surface area (Å²) >= 11 is 0. The molecule has 2 aromatic rings. The Morgan fingerprint density at radius 1 is 1.08 bits per heavy atom. The minimum Gasteiger partial charge on any atom is -0.290 e. The van der Waals surface area contributed by atoms with Gasteiger partial charge in [0.05, 0.1) is 5.52 Å². The Bertz CT molecular complexity index is 465. The molecule has 0 saturated heterocycles. The Balaban J connectivity index is 2.98. The van der Waals surface area contributed by atoms with Crippen molar-refractivity contribution in [1.29, 1.82) is 0 Å². The standard InChI is InChI=1S/C10H7NO/c12-9-5-6-11-10-4-2-1-3-8(10)7-9/h1-7H. The van der Waals surface area contributed by atoms with Crippen molar-refractivity contribution in [1.82, 2.24) is 4.98 Å². The number of rotatable bonds is 0. The largest absolute Gasteiger partial charge is 0.290 e. The van der Waals surface area contributed by atoms with E-state index in [1.165, 1.54) is 12.3 Å². The summed E-state index contributed by atoms with van der Waals surface area (Å²) in [5.74, 6) is 0. The third kappa shape index (κ3) is 1.19. The van der Waals surface area contributed by atoms with Crippen LogP contribution in [0.4, 0.5) is 0 Å². The van der Waals surface area contributed by atoms with Gasteiger partial charge in [0.1, 0.15) is 0 Å². The Morgan fingerprint density at radius 2 is 1.92 bits per heavy atom. The van der Waals surface area contributed by atoms with E-state index in [2.05, 4.69) is 4.98 Å². The number of hydrogen-bond donors (Lipinski definition) is 0. The number of para-hydroxylation sites is 1. The highest BCUT2D eigenvalue weighted by atomic mass is 16.1. The number of fused-ring (bicyclic) bond motifs is 1. The maximum atomic E-state index is 11.0. The van der Waals surface area contributed by atoms with Gasteiger partial charge in [-0.1, -0.05) is 18.2 Å². The van der Waals surface area contributed by atoms with Crippen LogP contribution < -0.4 is 5.43 Å². The van der Waals surface area contributed by atoms with Gasteiger partial charge in [-0.15, -0.1) is 0 Å². The first kappa shape index (κ1) is 6.98. The fourth-order valence-corrected chi connectivity index (χ4v) is 1.12. The van der Waals surface area contributed by atoms with E-state index in [-0.39, 0.29) is 5.43 Å². The Labute approximate surface area is 69.5 Å². The molecule has 0 N–H and O–H groups in total. The van der Waals surface area contributed by atoms with Crippen molar-refractivity contribution < 1.29 is 0 Å². The monoisotopic (exact) mass is 157 g/mol. The van der Waals surface area contributed by atoms with E-state index in [1.807, 2.05) is 24.3 Å². The first-order valence-electron chi connectivity index (χ1n) is 3.71. The van der Waals surface area contributed by atoms with Crippen molar-refractivity contribution in [2.75, 3.05) is 0 Å². The number of aromatic nitrogens is 1. The zero-order valence-electron chi connectivity index (χ0n) is 6.40. The van der Waals surface area contributed by atoms with Crippen molar-refractivity contribution in [3.63, 3.8) is 0 Å². The molecule has 2 nitrogen and oxygen atoms in total. The van der Waals surface area contributed by atoms with Crippen molar-refractivity contribution >= 4 is 10.9 Å². The van der Waals surface area contributed by atoms with Crippen LogP contribution in [0.5, 0.6) is 0 Å². The summed E-state index contributed by atoms with van der Waals surface area (Å²) in [7, 11) is 0. The minimum absolute atomic E-state index is 0.0105. The molecular formula is C10H7NO. The van der Waals surface area contributed by atoms with Gasteiger partial charge in [-0.05, 0) is 12.1 Å². The van der Waals surface area contributed by atoms with Crippen LogP contribution >= 0.6 is 0 Å². The predicted octanol–water partition coefficient (Wildman–Crippen LogP) is 1.59. The Hall–Kier alpha value is -1.70. The normalized spacial score (nSPS) is 10.0. The average molecular weight is 157 g/mol. The summed E-state index contributed by atoms with van der Waals surface area (Å²) in [6, 6.07) is 10.6. The SMILES string of the molecule is O=c1ccnc2ccccc2c1. The summed E-state index contributed by atoms with van der Waals surface area (Å²) in [6.07, 6.45) is 1.53. The molecule has 2 rings (SSSR count). The van der Waals surface area contributed by atoms with Gasteiger partial charge in [0.15, 0.2) is 5.43 Å². The lowest BCUT2D eigenvalue weighted by atomic mass is 10.2. The van der Waals surface area contributed by atoms with Crippen molar-refractivity contribution in [3.8, 4) is 0 Å². The summed E-state index contributed by atoms with van der Waals surface area (Å²) in [6.45, 7) is 0. The highest BCUT2D eigenvalue weighted by Gasteiger charge is 1.89. The van der Waals surface area contributed by atoms with Crippen LogP contribution in [0.2, 0.25) is 0 Å². The van der Waals surface area contributed by atoms with E-state index in [0.717, 1.165) is 10.9 Å². The third-order valence-electron chi connectivity index (χ3n) is 1.69. The third-order valence-corrected chi connectivity index (χ3v) is 1.69. The minimum atomic E-state index is -0.0105. The summed E-state index contributed by atoms with van der Waals surface area (Å²) in [4.78, 5) is 15.1. The van der Waals surface area contributed by atoms with Crippen LogP contribution in [0.3, 0.4) is 0 Å². The summed E-state index contributed by atoms with van der Waals surface area (Å²) < 4.78 is 0. The second-order valence-electron chi connectivity index (χ2n) is 2.55. The van der Waals surface area contributed by atoms with Crippen LogP contribution in [-0.4, -0.2) is 4.98 Å². The molecule has 1 heterocycles. The molecule has 1 aromatic heterocycles. The zero-order chi connectivity index (χ0) is 8.39. The molecule has 0 spiro atoms. The summed E-state index contributed by atoms with van der Waals surface area (Å²) in [5.41, 5.74) is 0.836.